The highest BCUT2D eigenvalue weighted by Gasteiger charge is 2.36. The van der Waals surface area contributed by atoms with Gasteiger partial charge in [0.1, 0.15) is 5.82 Å². The highest BCUT2D eigenvalue weighted by Crippen LogP contribution is 2.35. The Bertz CT molecular complexity index is 1290. The van der Waals surface area contributed by atoms with Gasteiger partial charge in [0, 0.05) is 12.5 Å². The van der Waals surface area contributed by atoms with Gasteiger partial charge in [0.25, 0.3) is 0 Å². The van der Waals surface area contributed by atoms with Crippen LogP contribution >= 0.6 is 48.0 Å². The number of benzene rings is 3. The van der Waals surface area contributed by atoms with Gasteiger partial charge in [-0.1, -0.05) is 84.7 Å². The van der Waals surface area contributed by atoms with Gasteiger partial charge in [-0.15, -0.1) is 24.8 Å². The SMILES string of the molecule is C[C@@H](c1ccc(-c2ccccc2)cc1)[C@H](N)C(=O)N1CCC[C@H]1c1nc2cc(Cl)c(Cl)cc2[nH]1.Cl.Cl. The molecule has 1 fully saturated rings. The van der Waals surface area contributed by atoms with E-state index in [1.165, 1.54) is 0 Å². The molecule has 3 aromatic carbocycles. The van der Waals surface area contributed by atoms with E-state index in [9.17, 15) is 4.79 Å². The fourth-order valence-corrected chi connectivity index (χ4v) is 5.04. The molecule has 0 saturated carbocycles. The van der Waals surface area contributed by atoms with Crippen LogP contribution < -0.4 is 5.73 Å². The number of nitrogens with one attached hydrogen (secondary N) is 1. The molecule has 5 nitrogen and oxygen atoms in total. The molecule has 1 aliphatic rings. The second-order valence-corrected chi connectivity index (χ2v) is 9.71. The molecule has 0 unspecified atom stereocenters. The van der Waals surface area contributed by atoms with E-state index in [1.807, 2.05) is 30.0 Å². The maximum Gasteiger partial charge on any atom is 0.240 e. The summed E-state index contributed by atoms with van der Waals surface area (Å²) in [6, 6.07) is 21.3. The van der Waals surface area contributed by atoms with Crippen LogP contribution in [0.4, 0.5) is 0 Å². The number of nitrogens with zero attached hydrogens (tertiary/aromatic N) is 2. The molecule has 0 radical (unpaired) electrons. The smallest absolute Gasteiger partial charge is 0.240 e. The van der Waals surface area contributed by atoms with E-state index in [-0.39, 0.29) is 42.7 Å². The van der Waals surface area contributed by atoms with Crippen molar-refractivity contribution < 1.29 is 4.79 Å². The lowest BCUT2D eigenvalue weighted by molar-refractivity contribution is -0.134. The Morgan fingerprint density at radius 3 is 2.36 bits per heavy atom. The van der Waals surface area contributed by atoms with Crippen molar-refractivity contribution in [3.8, 4) is 11.1 Å². The predicted octanol–water partition coefficient (Wildman–Crippen LogP) is 7.17. The highest BCUT2D eigenvalue weighted by atomic mass is 35.5. The van der Waals surface area contributed by atoms with E-state index in [2.05, 4.69) is 41.4 Å². The number of aromatic amines is 1. The van der Waals surface area contributed by atoms with Crippen LogP contribution in [0.5, 0.6) is 0 Å². The number of aromatic nitrogens is 2. The van der Waals surface area contributed by atoms with E-state index >= 15 is 0 Å². The highest BCUT2D eigenvalue weighted by molar-refractivity contribution is 6.42. The molecule has 1 aliphatic heterocycles. The molecule has 5 rings (SSSR count). The maximum atomic E-state index is 13.5. The van der Waals surface area contributed by atoms with Gasteiger partial charge in [-0.2, -0.15) is 0 Å². The molecule has 0 spiro atoms. The van der Waals surface area contributed by atoms with Crippen molar-refractivity contribution in [2.75, 3.05) is 6.54 Å². The third-order valence-corrected chi connectivity index (χ3v) is 7.48. The van der Waals surface area contributed by atoms with Crippen molar-refractivity contribution in [3.05, 3.63) is 88.2 Å². The second-order valence-electron chi connectivity index (χ2n) is 8.90. The third-order valence-electron chi connectivity index (χ3n) is 6.76. The lowest BCUT2D eigenvalue weighted by Crippen LogP contribution is -2.46. The van der Waals surface area contributed by atoms with Crippen LogP contribution in [0.3, 0.4) is 0 Å². The summed E-state index contributed by atoms with van der Waals surface area (Å²) in [6.45, 7) is 2.67. The molecule has 1 amide bonds. The average molecular weight is 566 g/mol. The standard InChI is InChI=1S/C27H26Cl2N4O.2ClH/c1-16(17-9-11-19(12-10-17)18-6-3-2-4-7-18)25(30)27(34)33-13-5-8-24(33)26-31-22-14-20(28)21(29)15-23(22)32-26;;/h2-4,6-7,9-12,14-16,24-25H,5,8,13,30H2,1H3,(H,31,32);2*1H/t16-,24-,25-;;/m0../s1. The summed E-state index contributed by atoms with van der Waals surface area (Å²) in [7, 11) is 0. The number of nitrogens with two attached hydrogens (primary N) is 1. The first-order valence-corrected chi connectivity index (χ1v) is 12.2. The van der Waals surface area contributed by atoms with Crippen LogP contribution in [0, 0.1) is 0 Å². The van der Waals surface area contributed by atoms with Crippen LogP contribution in [-0.4, -0.2) is 33.4 Å². The van der Waals surface area contributed by atoms with E-state index < -0.39 is 6.04 Å². The van der Waals surface area contributed by atoms with Crippen LogP contribution in [0.2, 0.25) is 10.0 Å². The van der Waals surface area contributed by atoms with Gasteiger partial charge in [-0.05, 0) is 41.7 Å². The number of halogens is 4. The number of hydrogen-bond acceptors (Lipinski definition) is 3. The summed E-state index contributed by atoms with van der Waals surface area (Å²) in [4.78, 5) is 23.4. The van der Waals surface area contributed by atoms with Crippen molar-refractivity contribution in [1.82, 2.24) is 14.9 Å². The minimum absolute atomic E-state index is 0. The average Bonchev–Trinajstić information content (AvgIpc) is 3.50. The van der Waals surface area contributed by atoms with Gasteiger partial charge in [0.05, 0.1) is 33.2 Å². The molecule has 1 saturated heterocycles. The molecule has 36 heavy (non-hydrogen) atoms. The van der Waals surface area contributed by atoms with Crippen molar-refractivity contribution in [2.24, 2.45) is 5.73 Å². The van der Waals surface area contributed by atoms with E-state index in [1.54, 1.807) is 12.1 Å². The maximum absolute atomic E-state index is 13.5. The first kappa shape index (κ1) is 28.3. The number of amides is 1. The van der Waals surface area contributed by atoms with E-state index in [0.717, 1.165) is 46.4 Å². The molecule has 3 atom stereocenters. The monoisotopic (exact) mass is 564 g/mol. The first-order valence-electron chi connectivity index (χ1n) is 11.5. The van der Waals surface area contributed by atoms with Crippen molar-refractivity contribution in [3.63, 3.8) is 0 Å². The first-order chi connectivity index (χ1) is 16.4. The fourth-order valence-electron chi connectivity index (χ4n) is 4.72. The van der Waals surface area contributed by atoms with Crippen molar-refractivity contribution in [2.45, 2.75) is 37.8 Å². The molecule has 0 bridgehead atoms. The van der Waals surface area contributed by atoms with Crippen LogP contribution in [0.15, 0.2) is 66.7 Å². The van der Waals surface area contributed by atoms with Gasteiger partial charge in [0.15, 0.2) is 0 Å². The summed E-state index contributed by atoms with van der Waals surface area (Å²) >= 11 is 12.3. The Morgan fingerprint density at radius 1 is 1.03 bits per heavy atom. The molecule has 0 aliphatic carbocycles. The zero-order valence-corrected chi connectivity index (χ0v) is 22.8. The van der Waals surface area contributed by atoms with Crippen LogP contribution in [0.25, 0.3) is 22.2 Å². The number of carbonyl (C=O) groups is 1. The predicted molar refractivity (Wildman–Crippen MR) is 153 cm³/mol. The molecule has 190 valence electrons. The number of H-pyrrole nitrogens is 1. The topological polar surface area (TPSA) is 75.0 Å². The van der Waals surface area contributed by atoms with Gasteiger partial charge in [0.2, 0.25) is 5.91 Å². The Kier molecular flexibility index (Phi) is 9.31. The lowest BCUT2D eigenvalue weighted by atomic mass is 9.91. The minimum Gasteiger partial charge on any atom is -0.340 e. The van der Waals surface area contributed by atoms with Gasteiger partial charge < -0.3 is 15.6 Å². The quantitative estimate of drug-likeness (QED) is 0.269. The molecule has 9 heteroatoms. The third kappa shape index (κ3) is 5.51. The summed E-state index contributed by atoms with van der Waals surface area (Å²) in [5.74, 6) is 0.566. The Morgan fingerprint density at radius 2 is 1.67 bits per heavy atom. The number of carbonyl (C=O) groups excluding carboxylic acids is 1. The zero-order valence-electron chi connectivity index (χ0n) is 19.7. The van der Waals surface area contributed by atoms with Gasteiger partial charge in [-0.3, -0.25) is 4.79 Å². The minimum atomic E-state index is -0.642. The number of rotatable bonds is 5. The Balaban J connectivity index is 0.00000180. The number of hydrogen-bond donors (Lipinski definition) is 2. The molecule has 4 aromatic rings. The molecular formula is C27H28Cl4N4O. The number of likely N-dealkylation sites (tertiary alicyclic amines) is 1. The summed E-state index contributed by atoms with van der Waals surface area (Å²) in [5.41, 5.74) is 11.4. The van der Waals surface area contributed by atoms with Gasteiger partial charge >= 0.3 is 0 Å². The Hall–Kier alpha value is -2.28. The summed E-state index contributed by atoms with van der Waals surface area (Å²) in [6.07, 6.45) is 1.74. The lowest BCUT2D eigenvalue weighted by Gasteiger charge is -2.29. The normalized spacial score (nSPS) is 16.8. The van der Waals surface area contributed by atoms with E-state index in [4.69, 9.17) is 33.9 Å². The number of fused-ring (bicyclic) bond motifs is 1. The summed E-state index contributed by atoms with van der Waals surface area (Å²) in [5, 5.41) is 0.929. The molecular weight excluding hydrogens is 538 g/mol. The molecule has 2 heterocycles. The fraction of sp³-hybridized carbons (Fsp3) is 0.259. The zero-order chi connectivity index (χ0) is 23.8. The van der Waals surface area contributed by atoms with Crippen molar-refractivity contribution in [1.29, 1.82) is 0 Å². The Labute approximate surface area is 233 Å². The largest absolute Gasteiger partial charge is 0.340 e. The second kappa shape index (κ2) is 11.8. The number of imidazole rings is 1. The van der Waals surface area contributed by atoms with Crippen molar-refractivity contribution >= 4 is 65.0 Å². The molecule has 3 N–H and O–H groups in total. The van der Waals surface area contributed by atoms with Crippen LogP contribution in [-0.2, 0) is 4.79 Å². The summed E-state index contributed by atoms with van der Waals surface area (Å²) < 4.78 is 0. The van der Waals surface area contributed by atoms with E-state index in [0.29, 0.717) is 16.6 Å². The van der Waals surface area contributed by atoms with Crippen LogP contribution in [0.1, 0.15) is 43.1 Å². The molecule has 1 aromatic heterocycles. The van der Waals surface area contributed by atoms with Gasteiger partial charge in [-0.25, -0.2) is 4.98 Å².